The smallest absolute Gasteiger partial charge is 0.416 e. The predicted octanol–water partition coefficient (Wildman–Crippen LogP) is 1.48. The van der Waals surface area contributed by atoms with E-state index in [1.807, 2.05) is 0 Å². The number of carbonyl (C=O) groups is 1. The van der Waals surface area contributed by atoms with Gasteiger partial charge in [-0.2, -0.15) is 13.2 Å². The lowest BCUT2D eigenvalue weighted by Gasteiger charge is -2.25. The third kappa shape index (κ3) is 5.21. The van der Waals surface area contributed by atoms with Crippen molar-refractivity contribution in [2.45, 2.75) is 12.8 Å². The first-order chi connectivity index (χ1) is 10.7. The lowest BCUT2D eigenvalue weighted by atomic mass is 10.1. The van der Waals surface area contributed by atoms with Gasteiger partial charge in [0.15, 0.2) is 9.84 Å². The summed E-state index contributed by atoms with van der Waals surface area (Å²) in [5.74, 6) is -0.741. The van der Waals surface area contributed by atoms with Crippen molar-refractivity contribution < 1.29 is 31.1 Å². The number of ether oxygens (including phenoxy) is 1. The Labute approximate surface area is 132 Å². The number of rotatable bonds is 4. The second-order valence-corrected chi connectivity index (χ2v) is 7.55. The Hall–Kier alpha value is -1.61. The van der Waals surface area contributed by atoms with Crippen molar-refractivity contribution in [1.82, 2.24) is 4.90 Å². The van der Waals surface area contributed by atoms with Crippen LogP contribution in [-0.4, -0.2) is 50.4 Å². The molecule has 0 aliphatic carbocycles. The molecule has 23 heavy (non-hydrogen) atoms. The van der Waals surface area contributed by atoms with Crippen LogP contribution in [0, 0.1) is 0 Å². The fourth-order valence-electron chi connectivity index (χ4n) is 2.22. The number of halogens is 3. The maximum atomic E-state index is 12.8. The van der Waals surface area contributed by atoms with Gasteiger partial charge in [0.05, 0.1) is 23.6 Å². The molecule has 1 aliphatic heterocycles. The van der Waals surface area contributed by atoms with Crippen LogP contribution in [0.15, 0.2) is 24.3 Å². The molecule has 1 heterocycles. The summed E-state index contributed by atoms with van der Waals surface area (Å²) >= 11 is 0. The van der Waals surface area contributed by atoms with Gasteiger partial charge in [-0.3, -0.25) is 9.69 Å². The fourth-order valence-corrected chi connectivity index (χ4v) is 3.49. The van der Waals surface area contributed by atoms with Gasteiger partial charge in [0.25, 0.3) is 0 Å². The Kier molecular flexibility index (Phi) is 5.30. The quantitative estimate of drug-likeness (QED) is 0.769. The van der Waals surface area contributed by atoms with Crippen LogP contribution in [0.2, 0.25) is 0 Å². The number of sulfone groups is 1. The van der Waals surface area contributed by atoms with Gasteiger partial charge >= 0.3 is 12.1 Å². The average molecular weight is 351 g/mol. The van der Waals surface area contributed by atoms with Gasteiger partial charge in [-0.25, -0.2) is 8.42 Å². The molecule has 0 amide bonds. The molecule has 1 fully saturated rings. The zero-order valence-electron chi connectivity index (χ0n) is 12.2. The molecule has 0 atom stereocenters. The van der Waals surface area contributed by atoms with Crippen LogP contribution >= 0.6 is 0 Å². The van der Waals surface area contributed by atoms with E-state index < -0.39 is 34.2 Å². The highest BCUT2D eigenvalue weighted by atomic mass is 32.2. The zero-order chi connectivity index (χ0) is 17.1. The monoisotopic (exact) mass is 351 g/mol. The molecule has 0 spiro atoms. The first-order valence-electron chi connectivity index (χ1n) is 6.91. The minimum atomic E-state index is -4.51. The van der Waals surface area contributed by atoms with Crippen LogP contribution in [0.3, 0.4) is 0 Å². The van der Waals surface area contributed by atoms with E-state index in [0.29, 0.717) is 0 Å². The number of benzene rings is 1. The molecular weight excluding hydrogens is 335 g/mol. The summed E-state index contributed by atoms with van der Waals surface area (Å²) in [6, 6.07) is 4.89. The molecule has 0 bridgehead atoms. The highest BCUT2D eigenvalue weighted by Gasteiger charge is 2.33. The lowest BCUT2D eigenvalue weighted by molar-refractivity contribution is -0.148. The van der Waals surface area contributed by atoms with Gasteiger partial charge in [0.2, 0.25) is 0 Å². The SMILES string of the molecule is O=C(CN1CCS(=O)(=O)CC1)OCc1ccccc1C(F)(F)F. The molecule has 9 heteroatoms. The minimum Gasteiger partial charge on any atom is -0.460 e. The van der Waals surface area contributed by atoms with Crippen molar-refractivity contribution in [1.29, 1.82) is 0 Å². The Morgan fingerprint density at radius 1 is 1.17 bits per heavy atom. The Balaban J connectivity index is 1.88. The summed E-state index contributed by atoms with van der Waals surface area (Å²) in [7, 11) is -3.05. The number of nitrogens with zero attached hydrogens (tertiary/aromatic N) is 1. The Morgan fingerprint density at radius 2 is 1.78 bits per heavy atom. The van der Waals surface area contributed by atoms with E-state index in [-0.39, 0.29) is 36.7 Å². The molecule has 0 unspecified atom stereocenters. The van der Waals surface area contributed by atoms with Gasteiger partial charge in [-0.05, 0) is 6.07 Å². The predicted molar refractivity (Wildman–Crippen MR) is 76.3 cm³/mol. The summed E-state index contributed by atoms with van der Waals surface area (Å²) in [6.07, 6.45) is -4.51. The molecule has 128 valence electrons. The molecular formula is C14H16F3NO4S. The largest absolute Gasteiger partial charge is 0.460 e. The van der Waals surface area contributed by atoms with Crippen molar-refractivity contribution in [3.63, 3.8) is 0 Å². The summed E-state index contributed by atoms with van der Waals surface area (Å²) in [5, 5.41) is 0. The van der Waals surface area contributed by atoms with Gasteiger partial charge in [-0.1, -0.05) is 18.2 Å². The van der Waals surface area contributed by atoms with E-state index in [2.05, 4.69) is 0 Å². The minimum absolute atomic E-state index is 0.0306. The topological polar surface area (TPSA) is 63.7 Å². The number of esters is 1. The first kappa shape index (κ1) is 17.7. The third-order valence-corrected chi connectivity index (χ3v) is 5.11. The number of hydrogen-bond acceptors (Lipinski definition) is 5. The molecule has 5 nitrogen and oxygen atoms in total. The van der Waals surface area contributed by atoms with Crippen molar-refractivity contribution in [2.75, 3.05) is 31.1 Å². The summed E-state index contributed by atoms with van der Waals surface area (Å²) in [4.78, 5) is 13.3. The third-order valence-electron chi connectivity index (χ3n) is 3.50. The molecule has 1 aromatic carbocycles. The van der Waals surface area contributed by atoms with E-state index in [0.717, 1.165) is 6.07 Å². The Morgan fingerprint density at radius 3 is 2.39 bits per heavy atom. The molecule has 0 radical (unpaired) electrons. The van der Waals surface area contributed by atoms with Gasteiger partial charge < -0.3 is 4.74 Å². The highest BCUT2D eigenvalue weighted by molar-refractivity contribution is 7.91. The van der Waals surface area contributed by atoms with E-state index in [1.54, 1.807) is 4.90 Å². The fraction of sp³-hybridized carbons (Fsp3) is 0.500. The number of alkyl halides is 3. The van der Waals surface area contributed by atoms with Crippen LogP contribution in [-0.2, 0) is 32.2 Å². The van der Waals surface area contributed by atoms with Gasteiger partial charge in [0.1, 0.15) is 6.61 Å². The van der Waals surface area contributed by atoms with E-state index in [1.165, 1.54) is 18.2 Å². The van der Waals surface area contributed by atoms with Crippen LogP contribution in [0.25, 0.3) is 0 Å². The second kappa shape index (κ2) is 6.88. The molecule has 1 aromatic rings. The normalized spacial score (nSPS) is 18.6. The molecule has 0 saturated carbocycles. The standard InChI is InChI=1S/C14H16F3NO4S/c15-14(16,17)12-4-2-1-3-11(12)10-22-13(19)9-18-5-7-23(20,21)8-6-18/h1-4H,5-10H2. The summed E-state index contributed by atoms with van der Waals surface area (Å²) < 4.78 is 65.9. The molecule has 1 aliphatic rings. The van der Waals surface area contributed by atoms with Gasteiger partial charge in [-0.15, -0.1) is 0 Å². The van der Waals surface area contributed by atoms with E-state index in [4.69, 9.17) is 4.74 Å². The number of hydrogen-bond donors (Lipinski definition) is 0. The molecule has 1 saturated heterocycles. The van der Waals surface area contributed by atoms with Crippen LogP contribution in [0.1, 0.15) is 11.1 Å². The maximum Gasteiger partial charge on any atom is 0.416 e. The first-order valence-corrected chi connectivity index (χ1v) is 8.73. The second-order valence-electron chi connectivity index (χ2n) is 5.24. The van der Waals surface area contributed by atoms with Crippen molar-refractivity contribution in [2.24, 2.45) is 0 Å². The summed E-state index contributed by atoms with van der Waals surface area (Å²) in [5.41, 5.74) is -0.952. The maximum absolute atomic E-state index is 12.8. The van der Waals surface area contributed by atoms with Crippen LogP contribution in [0.5, 0.6) is 0 Å². The van der Waals surface area contributed by atoms with Crippen LogP contribution < -0.4 is 0 Å². The molecule has 0 aromatic heterocycles. The van der Waals surface area contributed by atoms with Crippen LogP contribution in [0.4, 0.5) is 13.2 Å². The Bertz CT molecular complexity index is 659. The van der Waals surface area contributed by atoms with Crippen molar-refractivity contribution in [3.05, 3.63) is 35.4 Å². The molecule has 0 N–H and O–H groups in total. The van der Waals surface area contributed by atoms with Crippen molar-refractivity contribution >= 4 is 15.8 Å². The molecule has 2 rings (SSSR count). The zero-order valence-corrected chi connectivity index (χ0v) is 13.0. The highest BCUT2D eigenvalue weighted by Crippen LogP contribution is 2.32. The number of carbonyl (C=O) groups excluding carboxylic acids is 1. The van der Waals surface area contributed by atoms with Gasteiger partial charge in [0, 0.05) is 18.7 Å². The average Bonchev–Trinajstić information content (AvgIpc) is 2.47. The van der Waals surface area contributed by atoms with Crippen molar-refractivity contribution in [3.8, 4) is 0 Å². The summed E-state index contributed by atoms with van der Waals surface area (Å²) in [6.45, 7) is -0.169. The van der Waals surface area contributed by atoms with E-state index in [9.17, 15) is 26.4 Å². The lowest BCUT2D eigenvalue weighted by Crippen LogP contribution is -2.43. The van der Waals surface area contributed by atoms with E-state index >= 15 is 0 Å².